The first-order valence-corrected chi connectivity index (χ1v) is 8.23. The third-order valence-electron chi connectivity index (χ3n) is 4.47. The summed E-state index contributed by atoms with van der Waals surface area (Å²) >= 11 is 0. The van der Waals surface area contributed by atoms with Gasteiger partial charge in [-0.2, -0.15) is 0 Å². The lowest BCUT2D eigenvalue weighted by molar-refractivity contribution is 0.419. The van der Waals surface area contributed by atoms with Crippen LogP contribution in [-0.2, 0) is 0 Å². The lowest BCUT2D eigenvalue weighted by Crippen LogP contribution is -1.97. The van der Waals surface area contributed by atoms with Crippen LogP contribution in [0.3, 0.4) is 0 Å². The van der Waals surface area contributed by atoms with Crippen molar-refractivity contribution in [3.63, 3.8) is 0 Å². The van der Waals surface area contributed by atoms with Gasteiger partial charge in [0.05, 0.1) is 7.11 Å². The summed E-state index contributed by atoms with van der Waals surface area (Å²) in [4.78, 5) is 0. The maximum Gasteiger partial charge on any atom is 0.127 e. The molecule has 0 unspecified atom stereocenters. The fraction of sp³-hybridized carbons (Fsp3) is 0.0870. The highest BCUT2D eigenvalue weighted by Gasteiger charge is 2.15. The van der Waals surface area contributed by atoms with Crippen molar-refractivity contribution in [1.82, 2.24) is 0 Å². The molecular weight excluding hydrogens is 292 g/mol. The molecule has 4 rings (SSSR count). The molecule has 0 amide bonds. The molecule has 0 N–H and O–H groups in total. The smallest absolute Gasteiger partial charge is 0.127 e. The van der Waals surface area contributed by atoms with Crippen LogP contribution in [-0.4, -0.2) is 7.11 Å². The highest BCUT2D eigenvalue weighted by atomic mass is 16.5. The van der Waals surface area contributed by atoms with E-state index < -0.39 is 0 Å². The van der Waals surface area contributed by atoms with E-state index in [1.54, 1.807) is 7.11 Å². The number of fused-ring (bicyclic) bond motifs is 1. The van der Waals surface area contributed by atoms with Crippen molar-refractivity contribution in [2.45, 2.75) is 6.42 Å². The van der Waals surface area contributed by atoms with E-state index >= 15 is 0 Å². The van der Waals surface area contributed by atoms with Crippen LogP contribution in [0.1, 0.15) is 17.5 Å². The molecule has 0 aliphatic heterocycles. The maximum atomic E-state index is 5.65. The molecule has 3 aromatic rings. The molecule has 117 valence electrons. The predicted octanol–water partition coefficient (Wildman–Crippen LogP) is 5.92. The summed E-state index contributed by atoms with van der Waals surface area (Å²) < 4.78 is 5.65. The normalized spacial score (nSPS) is 14.2. The summed E-state index contributed by atoms with van der Waals surface area (Å²) in [5.74, 6) is 0.922. The van der Waals surface area contributed by atoms with Gasteiger partial charge >= 0.3 is 0 Å². The van der Waals surface area contributed by atoms with Crippen molar-refractivity contribution < 1.29 is 4.74 Å². The van der Waals surface area contributed by atoms with E-state index in [0.717, 1.165) is 17.6 Å². The van der Waals surface area contributed by atoms with Crippen LogP contribution in [0.2, 0.25) is 0 Å². The lowest BCUT2D eigenvalue weighted by atomic mass is 9.87. The van der Waals surface area contributed by atoms with E-state index in [1.807, 2.05) is 0 Å². The Hall–Kier alpha value is -2.80. The van der Waals surface area contributed by atoms with E-state index in [2.05, 4.69) is 85.3 Å². The molecule has 3 aromatic carbocycles. The fourth-order valence-corrected chi connectivity index (χ4v) is 3.31. The molecule has 1 aliphatic carbocycles. The Labute approximate surface area is 142 Å². The third-order valence-corrected chi connectivity index (χ3v) is 4.47. The van der Waals surface area contributed by atoms with Crippen LogP contribution < -0.4 is 4.74 Å². The summed E-state index contributed by atoms with van der Waals surface area (Å²) in [5, 5.41) is 2.35. The molecule has 24 heavy (non-hydrogen) atoms. The standard InChI is InChI=1S/C23H19O/c1-24-23-16-19(15-18-11-5-6-14-22(18)23)21-13-8-7-12-20(21)17-9-3-2-4-10-17/h2-7,9-16H,8H2,1H3. The fourth-order valence-electron chi connectivity index (χ4n) is 3.31. The van der Waals surface area contributed by atoms with E-state index in [-0.39, 0.29) is 0 Å². The van der Waals surface area contributed by atoms with Crippen LogP contribution in [0.4, 0.5) is 0 Å². The van der Waals surface area contributed by atoms with Crippen LogP contribution in [0.15, 0.2) is 78.9 Å². The van der Waals surface area contributed by atoms with Crippen LogP contribution in [0.25, 0.3) is 21.9 Å². The molecule has 0 spiro atoms. The van der Waals surface area contributed by atoms with Crippen LogP contribution >= 0.6 is 0 Å². The summed E-state index contributed by atoms with van der Waals surface area (Å²) in [6.07, 6.45) is 7.70. The monoisotopic (exact) mass is 311 g/mol. The Morgan fingerprint density at radius 1 is 0.792 bits per heavy atom. The van der Waals surface area contributed by atoms with E-state index in [0.29, 0.717) is 0 Å². The van der Waals surface area contributed by atoms with Crippen molar-refractivity contribution in [1.29, 1.82) is 0 Å². The average Bonchev–Trinajstić information content (AvgIpc) is 2.68. The zero-order valence-corrected chi connectivity index (χ0v) is 13.7. The number of rotatable bonds is 3. The Bertz CT molecular complexity index is 933. The van der Waals surface area contributed by atoms with Gasteiger partial charge in [-0.1, -0.05) is 66.7 Å². The quantitative estimate of drug-likeness (QED) is 0.583. The minimum atomic E-state index is 0.922. The lowest BCUT2D eigenvalue weighted by Gasteiger charge is -2.18. The first kappa shape index (κ1) is 14.8. The van der Waals surface area contributed by atoms with Gasteiger partial charge in [0.15, 0.2) is 0 Å². The molecule has 0 saturated carbocycles. The number of hydrogen-bond donors (Lipinski definition) is 0. The second-order valence-corrected chi connectivity index (χ2v) is 5.94. The molecule has 0 fully saturated rings. The zero-order chi connectivity index (χ0) is 16.4. The molecule has 0 heterocycles. The number of allylic oxidation sites excluding steroid dienone is 4. The maximum absolute atomic E-state index is 5.65. The number of methoxy groups -OCH3 is 1. The molecule has 1 aliphatic rings. The Morgan fingerprint density at radius 3 is 2.42 bits per heavy atom. The zero-order valence-electron chi connectivity index (χ0n) is 13.7. The van der Waals surface area contributed by atoms with Crippen molar-refractivity contribution >= 4 is 21.9 Å². The van der Waals surface area contributed by atoms with E-state index in [1.165, 1.54) is 27.7 Å². The Balaban J connectivity index is 1.94. The predicted molar refractivity (Wildman–Crippen MR) is 102 cm³/mol. The second-order valence-electron chi connectivity index (χ2n) is 5.94. The van der Waals surface area contributed by atoms with Crippen LogP contribution in [0, 0.1) is 6.42 Å². The van der Waals surface area contributed by atoms with Gasteiger partial charge < -0.3 is 4.74 Å². The van der Waals surface area contributed by atoms with Gasteiger partial charge in [0.2, 0.25) is 0 Å². The molecule has 0 bridgehead atoms. The molecule has 0 aromatic heterocycles. The van der Waals surface area contributed by atoms with Gasteiger partial charge in [-0.25, -0.2) is 0 Å². The van der Waals surface area contributed by atoms with E-state index in [9.17, 15) is 0 Å². The van der Waals surface area contributed by atoms with Crippen molar-refractivity contribution in [2.24, 2.45) is 0 Å². The Morgan fingerprint density at radius 2 is 1.58 bits per heavy atom. The van der Waals surface area contributed by atoms with Gasteiger partial charge in [0.1, 0.15) is 5.75 Å². The van der Waals surface area contributed by atoms with Crippen molar-refractivity contribution in [2.75, 3.05) is 7.11 Å². The van der Waals surface area contributed by atoms with Gasteiger partial charge in [-0.05, 0) is 52.6 Å². The highest BCUT2D eigenvalue weighted by Crippen LogP contribution is 2.37. The first-order valence-electron chi connectivity index (χ1n) is 8.23. The summed E-state index contributed by atoms with van der Waals surface area (Å²) in [5.41, 5.74) is 4.98. The van der Waals surface area contributed by atoms with Gasteiger partial charge in [0, 0.05) is 5.39 Å². The van der Waals surface area contributed by atoms with E-state index in [4.69, 9.17) is 4.74 Å². The van der Waals surface area contributed by atoms with Crippen molar-refractivity contribution in [3.8, 4) is 5.75 Å². The molecule has 1 nitrogen and oxygen atoms in total. The first-order chi connectivity index (χ1) is 11.9. The number of hydrogen-bond acceptors (Lipinski definition) is 1. The Kier molecular flexibility index (Phi) is 3.92. The second kappa shape index (κ2) is 6.37. The molecule has 1 heteroatoms. The third kappa shape index (κ3) is 2.63. The molecule has 0 saturated heterocycles. The number of ether oxygens (including phenoxy) is 1. The summed E-state index contributed by atoms with van der Waals surface area (Å²) in [6, 6.07) is 23.3. The summed E-state index contributed by atoms with van der Waals surface area (Å²) in [6.45, 7) is 0. The van der Waals surface area contributed by atoms with Gasteiger partial charge in [0.25, 0.3) is 0 Å². The molecule has 1 radical (unpaired) electrons. The minimum Gasteiger partial charge on any atom is -0.496 e. The van der Waals surface area contributed by atoms with Crippen LogP contribution in [0.5, 0.6) is 5.75 Å². The molecule has 0 atom stereocenters. The average molecular weight is 311 g/mol. The molecular formula is C23H19O. The van der Waals surface area contributed by atoms with Gasteiger partial charge in [-0.3, -0.25) is 0 Å². The number of benzene rings is 3. The highest BCUT2D eigenvalue weighted by molar-refractivity contribution is 6.02. The summed E-state index contributed by atoms with van der Waals surface area (Å²) in [7, 11) is 1.74. The SMILES string of the molecule is COc1cc(C2=C(c3ccccc3)C=CC[CH]2)cc2ccccc12. The largest absolute Gasteiger partial charge is 0.496 e. The van der Waals surface area contributed by atoms with Crippen molar-refractivity contribution in [3.05, 3.63) is 96.4 Å². The van der Waals surface area contributed by atoms with Gasteiger partial charge in [-0.15, -0.1) is 0 Å². The topological polar surface area (TPSA) is 9.23 Å². The minimum absolute atomic E-state index is 0.922.